The Hall–Kier alpha value is -9.03. The normalized spacial score (nSPS) is 12.8. The number of carboxylic acid groups (broad SMARTS) is 5. The summed E-state index contributed by atoms with van der Waals surface area (Å²) in [4.78, 5) is 140. The summed E-state index contributed by atoms with van der Waals surface area (Å²) in [5.74, 6) is -11.7. The number of carboxylic acids is 5. The second-order valence-electron chi connectivity index (χ2n) is 16.8. The van der Waals surface area contributed by atoms with Crippen LogP contribution >= 0.6 is 0 Å². The van der Waals surface area contributed by atoms with Crippen molar-refractivity contribution in [1.82, 2.24) is 42.2 Å². The molecule has 1 aromatic heterocycles. The molecular formula is C49H55FN8O16. The van der Waals surface area contributed by atoms with Gasteiger partial charge in [0.1, 0.15) is 30.2 Å². The van der Waals surface area contributed by atoms with Crippen molar-refractivity contribution in [2.45, 2.75) is 101 Å². The zero-order chi connectivity index (χ0) is 54.3. The number of urea groups is 1. The quantitative estimate of drug-likeness (QED) is 0.0261. The largest absolute Gasteiger partial charge is 0.481 e. The molecule has 7 amide bonds. The van der Waals surface area contributed by atoms with Crippen molar-refractivity contribution in [2.24, 2.45) is 0 Å². The molecule has 0 saturated carbocycles. The third-order valence-electron chi connectivity index (χ3n) is 11.2. The number of nitrogens with zero attached hydrogens (tertiary/aromatic N) is 1. The highest BCUT2D eigenvalue weighted by atomic mass is 19.1. The zero-order valence-electron chi connectivity index (χ0n) is 39.5. The maximum Gasteiger partial charge on any atom is 0.326 e. The lowest BCUT2D eigenvalue weighted by Gasteiger charge is -2.23. The van der Waals surface area contributed by atoms with Crippen LogP contribution in [0.15, 0.2) is 85.1 Å². The van der Waals surface area contributed by atoms with Crippen molar-refractivity contribution in [3.8, 4) is 0 Å². The summed E-state index contributed by atoms with van der Waals surface area (Å²) in [6.45, 7) is -0.156. The third kappa shape index (κ3) is 19.6. The van der Waals surface area contributed by atoms with Gasteiger partial charge in [-0.25, -0.2) is 19.4 Å². The first-order valence-electron chi connectivity index (χ1n) is 23.0. The second kappa shape index (κ2) is 28.7. The van der Waals surface area contributed by atoms with E-state index in [1.54, 1.807) is 6.07 Å². The molecule has 0 spiro atoms. The van der Waals surface area contributed by atoms with Gasteiger partial charge in [-0.3, -0.25) is 38.4 Å². The predicted molar refractivity (Wildman–Crippen MR) is 257 cm³/mol. The van der Waals surface area contributed by atoms with Gasteiger partial charge in [0.2, 0.25) is 23.7 Å². The molecule has 5 unspecified atom stereocenters. The maximum atomic E-state index is 13.7. The standard InChI is InChI=1S/C49H55FN8O16/c50-38-18-14-32(26-52-38)43(66)54-34(16-20-40(61)62)46(69)55-33(15-19-39(59)60)44(67)53-25-27-8-12-30(13-9-27)42(65)56-37(24-28-10-11-29-5-1-2-6-31(29)23-28)45(68)51-22-4-3-7-35(47(70)71)57-49(74)58-36(48(72)73)17-21-41(63)64/h1-2,5-6,8-14,18,23,26,33-37H,3-4,7,15-17,19-22,24-25H2,(H,51,68)(H,53,67)(H,54,66)(H,55,69)(H,56,65)(H,59,60)(H,61,62)(H,63,64)(H,70,71)(H,72,73)(H2,57,58,74). The molecule has 0 aliphatic carbocycles. The van der Waals surface area contributed by atoms with Crippen molar-refractivity contribution in [2.75, 3.05) is 6.54 Å². The van der Waals surface area contributed by atoms with Crippen LogP contribution in [0.5, 0.6) is 0 Å². The smallest absolute Gasteiger partial charge is 0.326 e. The number of aliphatic carboxylic acids is 5. The van der Waals surface area contributed by atoms with E-state index < -0.39 is 140 Å². The molecule has 0 aliphatic heterocycles. The number of rotatable bonds is 30. The van der Waals surface area contributed by atoms with E-state index in [1.165, 1.54) is 24.3 Å². The Labute approximate surface area is 420 Å². The Balaban J connectivity index is 1.38. The van der Waals surface area contributed by atoms with Crippen molar-refractivity contribution in [1.29, 1.82) is 0 Å². The van der Waals surface area contributed by atoms with E-state index in [1.807, 2.05) is 41.7 Å². The Bertz CT molecular complexity index is 2690. The first-order chi connectivity index (χ1) is 35.2. The minimum Gasteiger partial charge on any atom is -0.481 e. The van der Waals surface area contributed by atoms with Crippen LogP contribution in [-0.4, -0.2) is 133 Å². The van der Waals surface area contributed by atoms with Gasteiger partial charge < -0.3 is 62.8 Å². The van der Waals surface area contributed by atoms with Gasteiger partial charge in [0.05, 0.1) is 5.56 Å². The van der Waals surface area contributed by atoms with Gasteiger partial charge in [-0.15, -0.1) is 0 Å². The summed E-state index contributed by atoms with van der Waals surface area (Å²) in [5, 5.41) is 65.2. The van der Waals surface area contributed by atoms with Crippen LogP contribution < -0.4 is 37.2 Å². The van der Waals surface area contributed by atoms with E-state index in [2.05, 4.69) is 36.9 Å². The van der Waals surface area contributed by atoms with Crippen LogP contribution in [0.3, 0.4) is 0 Å². The number of carbonyl (C=O) groups is 11. The lowest BCUT2D eigenvalue weighted by Crippen LogP contribution is -2.53. The van der Waals surface area contributed by atoms with Gasteiger partial charge in [-0.1, -0.05) is 54.6 Å². The fraction of sp³-hybridized carbons (Fsp3) is 0.347. The number of benzene rings is 3. The van der Waals surface area contributed by atoms with Crippen molar-refractivity contribution < 1.29 is 82.7 Å². The van der Waals surface area contributed by atoms with Gasteiger partial charge in [0, 0.05) is 50.5 Å². The van der Waals surface area contributed by atoms with E-state index in [4.69, 9.17) is 5.11 Å². The lowest BCUT2D eigenvalue weighted by molar-refractivity contribution is -0.141. The molecule has 24 nitrogen and oxygen atoms in total. The van der Waals surface area contributed by atoms with Crippen LogP contribution in [0.2, 0.25) is 0 Å². The maximum absolute atomic E-state index is 13.7. The highest BCUT2D eigenvalue weighted by Gasteiger charge is 2.29. The molecular weight excluding hydrogens is 976 g/mol. The summed E-state index contributed by atoms with van der Waals surface area (Å²) in [6, 6.07) is 12.6. The van der Waals surface area contributed by atoms with E-state index >= 15 is 0 Å². The number of nitrogens with one attached hydrogen (secondary N) is 7. The Kier molecular flexibility index (Phi) is 22.3. The summed E-state index contributed by atoms with van der Waals surface area (Å²) in [7, 11) is 0. The first-order valence-corrected chi connectivity index (χ1v) is 23.0. The summed E-state index contributed by atoms with van der Waals surface area (Å²) < 4.78 is 13.3. The average Bonchev–Trinajstić information content (AvgIpc) is 3.35. The first kappa shape index (κ1) is 57.5. The highest BCUT2D eigenvalue weighted by Crippen LogP contribution is 2.18. The second-order valence-corrected chi connectivity index (χ2v) is 16.8. The number of hydrogen-bond donors (Lipinski definition) is 12. The average molecular weight is 1030 g/mol. The molecule has 3 aromatic carbocycles. The van der Waals surface area contributed by atoms with Crippen molar-refractivity contribution in [3.05, 3.63) is 113 Å². The number of fused-ring (bicyclic) bond motifs is 1. The third-order valence-corrected chi connectivity index (χ3v) is 11.2. The molecule has 5 atom stereocenters. The molecule has 12 N–H and O–H groups in total. The minimum atomic E-state index is -1.58. The Morgan fingerprint density at radius 3 is 1.58 bits per heavy atom. The van der Waals surface area contributed by atoms with Crippen LogP contribution in [0.1, 0.15) is 89.6 Å². The molecule has 4 aromatic rings. The molecule has 0 fully saturated rings. The Morgan fingerprint density at radius 1 is 0.486 bits per heavy atom. The fourth-order valence-corrected chi connectivity index (χ4v) is 7.18. The molecule has 0 saturated heterocycles. The summed E-state index contributed by atoms with van der Waals surface area (Å²) in [5.41, 5.74) is 1.12. The molecule has 394 valence electrons. The van der Waals surface area contributed by atoms with E-state index in [0.29, 0.717) is 11.1 Å². The molecule has 0 radical (unpaired) electrons. The number of pyridine rings is 1. The number of unbranched alkanes of at least 4 members (excludes halogenated alkanes) is 1. The van der Waals surface area contributed by atoms with Gasteiger partial charge in [-0.2, -0.15) is 4.39 Å². The predicted octanol–water partition coefficient (Wildman–Crippen LogP) is 1.70. The van der Waals surface area contributed by atoms with E-state index in [0.717, 1.165) is 29.1 Å². The molecule has 4 rings (SSSR count). The molecule has 74 heavy (non-hydrogen) atoms. The molecule has 0 aliphatic rings. The van der Waals surface area contributed by atoms with Crippen LogP contribution in [0.25, 0.3) is 10.8 Å². The van der Waals surface area contributed by atoms with E-state index in [9.17, 15) is 77.6 Å². The fourth-order valence-electron chi connectivity index (χ4n) is 7.18. The van der Waals surface area contributed by atoms with Gasteiger partial charge in [0.15, 0.2) is 0 Å². The number of hydrogen-bond acceptors (Lipinski definition) is 12. The number of halogens is 1. The monoisotopic (exact) mass is 1030 g/mol. The van der Waals surface area contributed by atoms with E-state index in [-0.39, 0.29) is 49.9 Å². The topological polar surface area (TPSA) is 386 Å². The zero-order valence-corrected chi connectivity index (χ0v) is 39.5. The Morgan fingerprint density at radius 2 is 1.00 bits per heavy atom. The molecule has 1 heterocycles. The number of carbonyl (C=O) groups excluding carboxylic acids is 6. The molecule has 0 bridgehead atoms. The van der Waals surface area contributed by atoms with Crippen LogP contribution in [0.4, 0.5) is 9.18 Å². The van der Waals surface area contributed by atoms with Crippen molar-refractivity contribution in [3.63, 3.8) is 0 Å². The highest BCUT2D eigenvalue weighted by molar-refractivity contribution is 5.99. The lowest BCUT2D eigenvalue weighted by atomic mass is 10.0. The molecule has 25 heteroatoms. The number of aromatic nitrogens is 1. The SMILES string of the molecule is O=C(O)CCC(NC(=O)NC(CCCCNC(=O)C(Cc1ccc2ccccc2c1)NC(=O)c1ccc(CNC(=O)C(CCC(=O)O)NC(=O)C(CCC(=O)O)NC(=O)c2ccc(F)nc2)cc1)C(=O)O)C(=O)O. The van der Waals surface area contributed by atoms with Crippen molar-refractivity contribution >= 4 is 76.2 Å². The summed E-state index contributed by atoms with van der Waals surface area (Å²) in [6.07, 6.45) is -1.76. The van der Waals surface area contributed by atoms with Gasteiger partial charge in [-0.05, 0) is 84.7 Å². The van der Waals surface area contributed by atoms with Gasteiger partial charge >= 0.3 is 35.9 Å². The van der Waals surface area contributed by atoms with Crippen LogP contribution in [-0.2, 0) is 51.3 Å². The minimum absolute atomic E-state index is 0.0241. The van der Waals surface area contributed by atoms with Gasteiger partial charge in [0.25, 0.3) is 11.8 Å². The number of amides is 7. The summed E-state index contributed by atoms with van der Waals surface area (Å²) >= 11 is 0. The van der Waals surface area contributed by atoms with Crippen LogP contribution in [0, 0.1) is 5.95 Å².